The molecule has 0 aliphatic carbocycles. The highest BCUT2D eigenvalue weighted by molar-refractivity contribution is 5.99. The molecule has 0 fully saturated rings. The molecule has 0 bridgehead atoms. The molecule has 0 saturated carbocycles. The Morgan fingerprint density at radius 2 is 1.45 bits per heavy atom. The molecule has 0 radical (unpaired) electrons. The monoisotopic (exact) mass is 441 g/mol. The molecule has 5 N–H and O–H groups in total. The van der Waals surface area contributed by atoms with Gasteiger partial charge in [-0.1, -0.05) is 72.8 Å². The Morgan fingerprint density at radius 1 is 0.788 bits per heavy atom. The van der Waals surface area contributed by atoms with Crippen molar-refractivity contribution in [1.82, 2.24) is 5.32 Å². The van der Waals surface area contributed by atoms with Gasteiger partial charge in [0.15, 0.2) is 6.23 Å². The Kier molecular flexibility index (Phi) is 6.82. The second-order valence-corrected chi connectivity index (χ2v) is 8.03. The topological polar surface area (TPSA) is 99.6 Å². The third-order valence-electron chi connectivity index (χ3n) is 6.00. The van der Waals surface area contributed by atoms with Crippen molar-refractivity contribution < 1.29 is 14.5 Å². The predicted molar refractivity (Wildman–Crippen MR) is 129 cm³/mol. The van der Waals surface area contributed by atoms with E-state index < -0.39 is 12.3 Å². The van der Waals surface area contributed by atoms with Crippen LogP contribution in [0.2, 0.25) is 0 Å². The van der Waals surface area contributed by atoms with Crippen LogP contribution in [0.1, 0.15) is 50.5 Å². The van der Waals surface area contributed by atoms with Gasteiger partial charge in [0, 0.05) is 11.1 Å². The highest BCUT2D eigenvalue weighted by Gasteiger charge is 2.19. The van der Waals surface area contributed by atoms with Gasteiger partial charge in [-0.2, -0.15) is 0 Å². The number of nitrogens with one attached hydrogen (secondary N) is 1. The zero-order valence-corrected chi connectivity index (χ0v) is 18.6. The average Bonchev–Trinajstić information content (AvgIpc) is 2.86. The standard InChI is InChI=1S/C27H27N3O3/c1-17-8-9-22-16-23(14-15-24(22)18(17)2)26(31)30-27(33-29)21-12-10-20(11-13-21)25(32-28)19-6-4-3-5-7-19/h3-16,25,27H,28-29H2,1-2H3,(H,30,31). The van der Waals surface area contributed by atoms with E-state index >= 15 is 0 Å². The van der Waals surface area contributed by atoms with Crippen LogP contribution in [0.15, 0.2) is 84.9 Å². The number of nitrogens with two attached hydrogens (primary N) is 2. The van der Waals surface area contributed by atoms with E-state index in [4.69, 9.17) is 21.5 Å². The van der Waals surface area contributed by atoms with Gasteiger partial charge in [-0.3, -0.25) is 14.5 Å². The van der Waals surface area contributed by atoms with Gasteiger partial charge in [-0.15, -0.1) is 0 Å². The van der Waals surface area contributed by atoms with Gasteiger partial charge in [0.1, 0.15) is 6.10 Å². The SMILES string of the molecule is Cc1ccc2cc(C(=O)NC(ON)c3ccc(C(ON)c4ccccc4)cc3)ccc2c1C. The van der Waals surface area contributed by atoms with Crippen molar-refractivity contribution in [1.29, 1.82) is 0 Å². The minimum atomic E-state index is -0.809. The fourth-order valence-electron chi connectivity index (χ4n) is 3.96. The normalized spacial score (nSPS) is 13.0. The number of carbonyl (C=O) groups excluding carboxylic acids is 1. The van der Waals surface area contributed by atoms with Gasteiger partial charge in [0.2, 0.25) is 0 Å². The lowest BCUT2D eigenvalue weighted by molar-refractivity contribution is 0.0259. The molecule has 2 atom stereocenters. The zero-order valence-electron chi connectivity index (χ0n) is 18.6. The molecule has 0 spiro atoms. The van der Waals surface area contributed by atoms with Gasteiger partial charge in [-0.05, 0) is 59.0 Å². The van der Waals surface area contributed by atoms with Crippen molar-refractivity contribution in [2.45, 2.75) is 26.2 Å². The lowest BCUT2D eigenvalue weighted by Gasteiger charge is -2.19. The minimum absolute atomic E-state index is 0.276. The third kappa shape index (κ3) is 4.79. The van der Waals surface area contributed by atoms with E-state index in [9.17, 15) is 4.79 Å². The molecule has 4 aromatic rings. The maximum atomic E-state index is 12.9. The van der Waals surface area contributed by atoms with E-state index in [0.717, 1.165) is 21.9 Å². The molecule has 0 aromatic heterocycles. The highest BCUT2D eigenvalue weighted by Crippen LogP contribution is 2.26. The summed E-state index contributed by atoms with van der Waals surface area (Å²) in [5.74, 6) is 10.8. The summed E-state index contributed by atoms with van der Waals surface area (Å²) >= 11 is 0. The molecule has 6 heteroatoms. The molecule has 0 aliphatic heterocycles. The molecule has 0 heterocycles. The Balaban J connectivity index is 1.52. The lowest BCUT2D eigenvalue weighted by atomic mass is 9.99. The van der Waals surface area contributed by atoms with Gasteiger partial charge >= 0.3 is 0 Å². The number of carbonyl (C=O) groups is 1. The molecule has 168 valence electrons. The van der Waals surface area contributed by atoms with Gasteiger partial charge < -0.3 is 5.32 Å². The first-order valence-electron chi connectivity index (χ1n) is 10.7. The van der Waals surface area contributed by atoms with Crippen molar-refractivity contribution in [2.24, 2.45) is 11.8 Å². The predicted octanol–water partition coefficient (Wildman–Crippen LogP) is 4.76. The first kappa shape index (κ1) is 22.6. The summed E-state index contributed by atoms with van der Waals surface area (Å²) < 4.78 is 0. The Labute approximate surface area is 193 Å². The molecule has 6 nitrogen and oxygen atoms in total. The van der Waals surface area contributed by atoms with Crippen molar-refractivity contribution in [3.8, 4) is 0 Å². The number of hydrogen-bond donors (Lipinski definition) is 3. The quantitative estimate of drug-likeness (QED) is 0.284. The minimum Gasteiger partial charge on any atom is -0.321 e. The maximum Gasteiger partial charge on any atom is 0.253 e. The van der Waals surface area contributed by atoms with Crippen molar-refractivity contribution in [3.63, 3.8) is 0 Å². The first-order chi connectivity index (χ1) is 16.0. The van der Waals surface area contributed by atoms with E-state index in [1.165, 1.54) is 11.1 Å². The molecule has 4 rings (SSSR count). The van der Waals surface area contributed by atoms with Crippen LogP contribution in [0, 0.1) is 13.8 Å². The number of fused-ring (bicyclic) bond motifs is 1. The number of aryl methyl sites for hydroxylation is 2. The molecule has 33 heavy (non-hydrogen) atoms. The smallest absolute Gasteiger partial charge is 0.253 e. The van der Waals surface area contributed by atoms with Crippen LogP contribution in [0.3, 0.4) is 0 Å². The van der Waals surface area contributed by atoms with Crippen molar-refractivity contribution >= 4 is 16.7 Å². The van der Waals surface area contributed by atoms with Crippen LogP contribution in [0.25, 0.3) is 10.8 Å². The second kappa shape index (κ2) is 9.94. The number of hydrogen-bond acceptors (Lipinski definition) is 5. The summed E-state index contributed by atoms with van der Waals surface area (Å²) in [6, 6.07) is 26.8. The summed E-state index contributed by atoms with van der Waals surface area (Å²) in [6.45, 7) is 4.16. The number of amides is 1. The van der Waals surface area contributed by atoms with E-state index in [-0.39, 0.29) is 5.91 Å². The first-order valence-corrected chi connectivity index (χ1v) is 10.7. The van der Waals surface area contributed by atoms with Gasteiger partial charge in [0.05, 0.1) is 0 Å². The summed E-state index contributed by atoms with van der Waals surface area (Å²) in [7, 11) is 0. The highest BCUT2D eigenvalue weighted by atomic mass is 16.6. The van der Waals surface area contributed by atoms with E-state index in [2.05, 4.69) is 25.2 Å². The number of benzene rings is 4. The second-order valence-electron chi connectivity index (χ2n) is 8.03. The fraction of sp³-hybridized carbons (Fsp3) is 0.148. The van der Waals surface area contributed by atoms with E-state index in [1.54, 1.807) is 0 Å². The summed E-state index contributed by atoms with van der Waals surface area (Å²) in [5.41, 5.74) is 5.47. The van der Waals surface area contributed by atoms with Gasteiger partial charge in [-0.25, -0.2) is 11.8 Å². The number of rotatable bonds is 7. The lowest BCUT2D eigenvalue weighted by Crippen LogP contribution is -2.32. The third-order valence-corrected chi connectivity index (χ3v) is 6.00. The molecular weight excluding hydrogens is 414 g/mol. The Hall–Kier alpha value is -3.55. The molecule has 0 saturated heterocycles. The largest absolute Gasteiger partial charge is 0.321 e. The molecule has 2 unspecified atom stereocenters. The van der Waals surface area contributed by atoms with E-state index in [0.29, 0.717) is 11.1 Å². The van der Waals surface area contributed by atoms with Crippen LogP contribution in [0.5, 0.6) is 0 Å². The van der Waals surface area contributed by atoms with Crippen molar-refractivity contribution in [2.75, 3.05) is 0 Å². The van der Waals surface area contributed by atoms with Gasteiger partial charge in [0.25, 0.3) is 5.91 Å². The zero-order chi connectivity index (χ0) is 23.4. The van der Waals surface area contributed by atoms with Crippen LogP contribution in [0.4, 0.5) is 0 Å². The Morgan fingerprint density at radius 3 is 2.12 bits per heavy atom. The van der Waals surface area contributed by atoms with Crippen LogP contribution < -0.4 is 17.1 Å². The Bertz CT molecular complexity index is 1260. The molecular formula is C27H27N3O3. The summed E-state index contributed by atoms with van der Waals surface area (Å²) in [4.78, 5) is 23.2. The van der Waals surface area contributed by atoms with E-state index in [1.807, 2.05) is 78.9 Å². The average molecular weight is 442 g/mol. The fourth-order valence-corrected chi connectivity index (χ4v) is 3.96. The van der Waals surface area contributed by atoms with Crippen molar-refractivity contribution in [3.05, 3.63) is 118 Å². The van der Waals surface area contributed by atoms with Crippen LogP contribution in [-0.2, 0) is 9.68 Å². The summed E-state index contributed by atoms with van der Waals surface area (Å²) in [6.07, 6.45) is -1.22. The van der Waals surface area contributed by atoms with Crippen LogP contribution in [-0.4, -0.2) is 5.91 Å². The molecule has 1 amide bonds. The molecule has 0 aliphatic rings. The van der Waals surface area contributed by atoms with Crippen LogP contribution >= 0.6 is 0 Å². The molecule has 4 aromatic carbocycles. The maximum absolute atomic E-state index is 12.9. The summed E-state index contributed by atoms with van der Waals surface area (Å²) in [5, 5.41) is 4.98.